The number of carbonyl (C=O) groups excluding carboxylic acids is 1. The van der Waals surface area contributed by atoms with Crippen molar-refractivity contribution in [2.75, 3.05) is 6.26 Å². The topological polar surface area (TPSA) is 63.2 Å². The van der Waals surface area contributed by atoms with Gasteiger partial charge in [-0.2, -0.15) is 0 Å². The second-order valence-electron chi connectivity index (χ2n) is 5.26. The predicted molar refractivity (Wildman–Crippen MR) is 86.3 cm³/mol. The lowest BCUT2D eigenvalue weighted by molar-refractivity contribution is -0.121. The molecule has 5 heteroatoms. The molecule has 2 rings (SSSR count). The summed E-state index contributed by atoms with van der Waals surface area (Å²) >= 11 is 0. The second-order valence-corrected chi connectivity index (χ2v) is 7.24. The maximum absolute atomic E-state index is 12.2. The minimum atomic E-state index is -3.34. The van der Waals surface area contributed by atoms with Gasteiger partial charge in [0.1, 0.15) is 0 Å². The lowest BCUT2D eigenvalue weighted by atomic mass is 10.1. The number of amides is 1. The Labute approximate surface area is 131 Å². The average molecular weight is 317 g/mol. The first-order valence-corrected chi connectivity index (χ1v) is 8.89. The molecule has 0 saturated carbocycles. The minimum Gasteiger partial charge on any atom is -0.349 e. The van der Waals surface area contributed by atoms with Crippen LogP contribution in [0.3, 0.4) is 0 Å². The highest BCUT2D eigenvalue weighted by Crippen LogP contribution is 2.17. The highest BCUT2D eigenvalue weighted by molar-refractivity contribution is 7.90. The molecule has 0 aliphatic rings. The summed E-state index contributed by atoms with van der Waals surface area (Å²) in [5.74, 6) is -0.201. The van der Waals surface area contributed by atoms with Gasteiger partial charge in [0.15, 0.2) is 9.84 Å². The van der Waals surface area contributed by atoms with Crippen LogP contribution in [0.25, 0.3) is 0 Å². The number of benzene rings is 2. The van der Waals surface area contributed by atoms with Gasteiger partial charge in [-0.05, 0) is 24.1 Å². The first-order chi connectivity index (χ1) is 10.4. The molecule has 0 aromatic heterocycles. The lowest BCUT2D eigenvalue weighted by Crippen LogP contribution is -2.28. The zero-order valence-electron chi connectivity index (χ0n) is 12.6. The quantitative estimate of drug-likeness (QED) is 0.921. The van der Waals surface area contributed by atoms with E-state index in [9.17, 15) is 13.2 Å². The standard InChI is InChI=1S/C17H19NO3S/c1-13(14-8-4-3-5-9-14)18-17(19)12-15-10-6-7-11-16(15)22(2,20)21/h3-11,13H,12H2,1-2H3,(H,18,19). The number of nitrogens with one attached hydrogen (secondary N) is 1. The molecule has 1 amide bonds. The Balaban J connectivity index is 2.11. The van der Waals surface area contributed by atoms with Crippen molar-refractivity contribution < 1.29 is 13.2 Å². The Morgan fingerprint density at radius 3 is 2.27 bits per heavy atom. The molecule has 1 N–H and O–H groups in total. The van der Waals surface area contributed by atoms with Crippen LogP contribution in [0.1, 0.15) is 24.1 Å². The van der Waals surface area contributed by atoms with E-state index in [1.54, 1.807) is 18.2 Å². The van der Waals surface area contributed by atoms with E-state index >= 15 is 0 Å². The van der Waals surface area contributed by atoms with Gasteiger partial charge in [-0.3, -0.25) is 4.79 Å². The smallest absolute Gasteiger partial charge is 0.224 e. The van der Waals surface area contributed by atoms with E-state index in [4.69, 9.17) is 0 Å². The molecular weight excluding hydrogens is 298 g/mol. The first kappa shape index (κ1) is 16.2. The van der Waals surface area contributed by atoms with Crippen molar-refractivity contribution in [3.05, 3.63) is 65.7 Å². The summed E-state index contributed by atoms with van der Waals surface area (Å²) in [4.78, 5) is 12.4. The molecule has 0 fully saturated rings. The van der Waals surface area contributed by atoms with E-state index in [0.29, 0.717) is 5.56 Å². The van der Waals surface area contributed by atoms with Crippen molar-refractivity contribution in [3.63, 3.8) is 0 Å². The largest absolute Gasteiger partial charge is 0.349 e. The third-order valence-electron chi connectivity index (χ3n) is 3.40. The van der Waals surface area contributed by atoms with Gasteiger partial charge in [-0.1, -0.05) is 48.5 Å². The molecule has 22 heavy (non-hydrogen) atoms. The summed E-state index contributed by atoms with van der Waals surface area (Å²) < 4.78 is 23.5. The van der Waals surface area contributed by atoms with Crippen LogP contribution >= 0.6 is 0 Å². The Hall–Kier alpha value is -2.14. The van der Waals surface area contributed by atoms with Crippen LogP contribution in [0.5, 0.6) is 0 Å². The van der Waals surface area contributed by atoms with Gasteiger partial charge < -0.3 is 5.32 Å². The van der Waals surface area contributed by atoms with E-state index in [1.165, 1.54) is 6.07 Å². The van der Waals surface area contributed by atoms with Crippen LogP contribution < -0.4 is 5.32 Å². The summed E-state index contributed by atoms with van der Waals surface area (Å²) in [6, 6.07) is 16.1. The third-order valence-corrected chi connectivity index (χ3v) is 4.60. The molecule has 2 aromatic carbocycles. The molecule has 0 spiro atoms. The fraction of sp³-hybridized carbons (Fsp3) is 0.235. The Kier molecular flexibility index (Phi) is 4.98. The first-order valence-electron chi connectivity index (χ1n) is 7.00. The molecule has 4 nitrogen and oxygen atoms in total. The van der Waals surface area contributed by atoms with Crippen LogP contribution in [-0.4, -0.2) is 20.6 Å². The van der Waals surface area contributed by atoms with Crippen molar-refractivity contribution in [1.29, 1.82) is 0 Å². The zero-order chi connectivity index (χ0) is 16.2. The van der Waals surface area contributed by atoms with Gasteiger partial charge in [0, 0.05) is 6.26 Å². The van der Waals surface area contributed by atoms with Crippen molar-refractivity contribution in [1.82, 2.24) is 5.32 Å². The zero-order valence-corrected chi connectivity index (χ0v) is 13.4. The molecule has 0 bridgehead atoms. The number of sulfone groups is 1. The summed E-state index contributed by atoms with van der Waals surface area (Å²) in [6.07, 6.45) is 1.19. The summed E-state index contributed by atoms with van der Waals surface area (Å²) in [6.45, 7) is 1.90. The van der Waals surface area contributed by atoms with Gasteiger partial charge in [-0.15, -0.1) is 0 Å². The van der Waals surface area contributed by atoms with Crippen LogP contribution in [0.4, 0.5) is 0 Å². The summed E-state index contributed by atoms with van der Waals surface area (Å²) in [7, 11) is -3.34. The van der Waals surface area contributed by atoms with Gasteiger partial charge >= 0.3 is 0 Å². The van der Waals surface area contributed by atoms with E-state index in [2.05, 4.69) is 5.32 Å². The maximum atomic E-state index is 12.2. The molecular formula is C17H19NO3S. The molecule has 1 unspecified atom stereocenters. The Bertz CT molecular complexity index is 754. The number of hydrogen-bond acceptors (Lipinski definition) is 3. The SMILES string of the molecule is CC(NC(=O)Cc1ccccc1S(C)(=O)=O)c1ccccc1. The summed E-state index contributed by atoms with van der Waals surface area (Å²) in [5.41, 5.74) is 1.52. The molecule has 0 aliphatic carbocycles. The van der Waals surface area contributed by atoms with Gasteiger partial charge in [-0.25, -0.2) is 8.42 Å². The van der Waals surface area contributed by atoms with Crippen LogP contribution in [0.15, 0.2) is 59.5 Å². The fourth-order valence-electron chi connectivity index (χ4n) is 2.30. The third kappa shape index (κ3) is 4.18. The predicted octanol–water partition coefficient (Wildman–Crippen LogP) is 2.51. The van der Waals surface area contributed by atoms with Crippen molar-refractivity contribution in [2.24, 2.45) is 0 Å². The average Bonchev–Trinajstić information content (AvgIpc) is 2.47. The van der Waals surface area contributed by atoms with E-state index in [0.717, 1.165) is 11.8 Å². The monoisotopic (exact) mass is 317 g/mol. The highest BCUT2D eigenvalue weighted by Gasteiger charge is 2.16. The molecule has 0 radical (unpaired) electrons. The van der Waals surface area contributed by atoms with Gasteiger partial charge in [0.2, 0.25) is 5.91 Å². The Morgan fingerprint density at radius 1 is 1.05 bits per heavy atom. The summed E-state index contributed by atoms with van der Waals surface area (Å²) in [5, 5.41) is 2.89. The molecule has 0 aliphatic heterocycles. The van der Waals surface area contributed by atoms with Crippen molar-refractivity contribution in [2.45, 2.75) is 24.3 Å². The van der Waals surface area contributed by atoms with Crippen LogP contribution in [0.2, 0.25) is 0 Å². The highest BCUT2D eigenvalue weighted by atomic mass is 32.2. The Morgan fingerprint density at radius 2 is 1.64 bits per heavy atom. The van der Waals surface area contributed by atoms with Crippen LogP contribution in [-0.2, 0) is 21.1 Å². The van der Waals surface area contributed by atoms with Gasteiger partial charge in [0.25, 0.3) is 0 Å². The van der Waals surface area contributed by atoms with E-state index in [1.807, 2.05) is 37.3 Å². The number of carbonyl (C=O) groups is 1. The normalized spacial score (nSPS) is 12.6. The molecule has 0 saturated heterocycles. The fourth-order valence-corrected chi connectivity index (χ4v) is 3.24. The lowest BCUT2D eigenvalue weighted by Gasteiger charge is -2.15. The minimum absolute atomic E-state index is 0.0421. The number of hydrogen-bond donors (Lipinski definition) is 1. The van der Waals surface area contributed by atoms with Gasteiger partial charge in [0.05, 0.1) is 17.4 Å². The second kappa shape index (κ2) is 6.75. The number of rotatable bonds is 5. The van der Waals surface area contributed by atoms with Crippen LogP contribution in [0, 0.1) is 0 Å². The molecule has 116 valence electrons. The molecule has 0 heterocycles. The maximum Gasteiger partial charge on any atom is 0.224 e. The van der Waals surface area contributed by atoms with Crippen molar-refractivity contribution >= 4 is 15.7 Å². The van der Waals surface area contributed by atoms with Crippen molar-refractivity contribution in [3.8, 4) is 0 Å². The molecule has 1 atom stereocenters. The van der Waals surface area contributed by atoms with E-state index < -0.39 is 9.84 Å². The van der Waals surface area contributed by atoms with E-state index in [-0.39, 0.29) is 23.3 Å². The molecule has 2 aromatic rings.